The van der Waals surface area contributed by atoms with Gasteiger partial charge >= 0.3 is 0 Å². The topological polar surface area (TPSA) is 54.6 Å². The van der Waals surface area contributed by atoms with Gasteiger partial charge in [-0.3, -0.25) is 9.36 Å². The van der Waals surface area contributed by atoms with E-state index in [1.807, 2.05) is 16.7 Å². The second kappa shape index (κ2) is 8.46. The molecule has 1 unspecified atom stereocenters. The van der Waals surface area contributed by atoms with E-state index in [4.69, 9.17) is 4.99 Å². The maximum Gasteiger partial charge on any atom is 0.271 e. The molecule has 2 heterocycles. The molecule has 1 aliphatic heterocycles. The number of thioether (sulfide) groups is 1. The Kier molecular flexibility index (Phi) is 5.27. The Morgan fingerprint density at radius 3 is 2.59 bits per heavy atom. The van der Waals surface area contributed by atoms with Crippen molar-refractivity contribution in [2.24, 2.45) is 4.99 Å². The minimum absolute atomic E-state index is 0.0728. The van der Waals surface area contributed by atoms with Crippen molar-refractivity contribution in [2.75, 3.05) is 6.26 Å². The fraction of sp³-hybridized carbons (Fsp3) is 0.143. The number of fused-ring (bicyclic) bond motifs is 3. The number of phenols is 1. The molecule has 34 heavy (non-hydrogen) atoms. The highest BCUT2D eigenvalue weighted by Crippen LogP contribution is 2.41. The molecular weight excluding hydrogens is 460 g/mol. The summed E-state index contributed by atoms with van der Waals surface area (Å²) in [6.07, 6.45) is 5.64. The first-order chi connectivity index (χ1) is 16.6. The van der Waals surface area contributed by atoms with E-state index in [-0.39, 0.29) is 17.4 Å². The summed E-state index contributed by atoms with van der Waals surface area (Å²) in [6.45, 7) is 0. The van der Waals surface area contributed by atoms with E-state index in [1.54, 1.807) is 30.0 Å². The molecule has 0 saturated heterocycles. The quantitative estimate of drug-likeness (QED) is 0.429. The van der Waals surface area contributed by atoms with Crippen LogP contribution in [-0.2, 0) is 6.42 Å². The highest BCUT2D eigenvalue weighted by molar-refractivity contribution is 7.98. The van der Waals surface area contributed by atoms with Crippen molar-refractivity contribution in [2.45, 2.75) is 23.8 Å². The number of nitrogens with zero attached hydrogens (tertiary/aromatic N) is 2. The van der Waals surface area contributed by atoms with E-state index in [0.29, 0.717) is 14.9 Å². The Balaban J connectivity index is 1.62. The Bertz CT molecular complexity index is 1630. The molecule has 1 aliphatic carbocycles. The van der Waals surface area contributed by atoms with Crippen molar-refractivity contribution in [1.82, 2.24) is 4.57 Å². The van der Waals surface area contributed by atoms with Gasteiger partial charge in [0.15, 0.2) is 4.80 Å². The van der Waals surface area contributed by atoms with Crippen molar-refractivity contribution in [3.63, 3.8) is 0 Å². The molecule has 4 aromatic rings. The van der Waals surface area contributed by atoms with E-state index in [9.17, 15) is 9.90 Å². The highest BCUT2D eigenvalue weighted by atomic mass is 32.2. The number of benzene rings is 3. The summed E-state index contributed by atoms with van der Waals surface area (Å²) in [5, 5.41) is 10.3. The van der Waals surface area contributed by atoms with Crippen molar-refractivity contribution < 1.29 is 5.11 Å². The average molecular weight is 483 g/mol. The number of aromatic hydroxyl groups is 1. The summed E-state index contributed by atoms with van der Waals surface area (Å²) < 4.78 is 2.41. The largest absolute Gasteiger partial charge is 0.507 e. The van der Waals surface area contributed by atoms with Gasteiger partial charge in [-0.1, -0.05) is 65.9 Å². The molecule has 1 aromatic heterocycles. The predicted octanol–water partition coefficient (Wildman–Crippen LogP) is 4.75. The van der Waals surface area contributed by atoms with Crippen LogP contribution >= 0.6 is 23.1 Å². The average Bonchev–Trinajstić information content (AvgIpc) is 3.18. The first-order valence-electron chi connectivity index (χ1n) is 11.2. The van der Waals surface area contributed by atoms with Gasteiger partial charge in [-0.2, -0.15) is 0 Å². The minimum Gasteiger partial charge on any atom is -0.507 e. The summed E-state index contributed by atoms with van der Waals surface area (Å²) in [5.74, 6) is 0.158. The summed E-state index contributed by atoms with van der Waals surface area (Å²) in [7, 11) is 0. The number of hydrogen-bond donors (Lipinski definition) is 1. The Morgan fingerprint density at radius 1 is 1.03 bits per heavy atom. The minimum atomic E-state index is -0.193. The SMILES string of the molecule is CSc1ccc(C2C3=C(N=c4sc(=Cc5ccccc5O)c(=O)n42)c2ccccc2CC3)cc1. The highest BCUT2D eigenvalue weighted by Gasteiger charge is 2.32. The maximum atomic E-state index is 13.7. The number of allylic oxidation sites excluding steroid dienone is 1. The molecule has 0 fully saturated rings. The molecule has 6 heteroatoms. The lowest BCUT2D eigenvalue weighted by Crippen LogP contribution is -2.38. The van der Waals surface area contributed by atoms with Crippen LogP contribution in [0.3, 0.4) is 0 Å². The van der Waals surface area contributed by atoms with Gasteiger partial charge in [-0.15, -0.1) is 11.8 Å². The predicted molar refractivity (Wildman–Crippen MR) is 139 cm³/mol. The fourth-order valence-electron chi connectivity index (χ4n) is 4.86. The molecule has 0 bridgehead atoms. The zero-order valence-electron chi connectivity index (χ0n) is 18.6. The van der Waals surface area contributed by atoms with Crippen LogP contribution in [0.25, 0.3) is 11.8 Å². The smallest absolute Gasteiger partial charge is 0.271 e. The number of hydrogen-bond acceptors (Lipinski definition) is 5. The normalized spacial score (nSPS) is 17.1. The van der Waals surface area contributed by atoms with Crippen LogP contribution in [0.4, 0.5) is 0 Å². The van der Waals surface area contributed by atoms with Crippen LogP contribution in [0.2, 0.25) is 0 Å². The van der Waals surface area contributed by atoms with E-state index < -0.39 is 0 Å². The third kappa shape index (κ3) is 3.45. The monoisotopic (exact) mass is 482 g/mol. The van der Waals surface area contributed by atoms with Crippen LogP contribution in [0.5, 0.6) is 5.75 Å². The summed E-state index contributed by atoms with van der Waals surface area (Å²) in [6, 6.07) is 23.8. The summed E-state index contributed by atoms with van der Waals surface area (Å²) in [5.41, 5.74) is 6.30. The van der Waals surface area contributed by atoms with Crippen LogP contribution in [-0.4, -0.2) is 15.9 Å². The van der Waals surface area contributed by atoms with Gasteiger partial charge < -0.3 is 5.11 Å². The maximum absolute atomic E-state index is 13.7. The number of phenolic OH excluding ortho intramolecular Hbond substituents is 1. The third-order valence-electron chi connectivity index (χ3n) is 6.53. The molecule has 3 aromatic carbocycles. The van der Waals surface area contributed by atoms with Crippen molar-refractivity contribution in [3.05, 3.63) is 120 Å². The summed E-state index contributed by atoms with van der Waals surface area (Å²) >= 11 is 3.09. The number of rotatable bonds is 3. The molecule has 0 amide bonds. The van der Waals surface area contributed by atoms with Gasteiger partial charge in [-0.25, -0.2) is 4.99 Å². The zero-order chi connectivity index (χ0) is 23.2. The van der Waals surface area contributed by atoms with Gasteiger partial charge in [0.25, 0.3) is 5.56 Å². The van der Waals surface area contributed by atoms with Gasteiger partial charge in [0.05, 0.1) is 16.3 Å². The molecule has 4 nitrogen and oxygen atoms in total. The standard InChI is InChI=1S/C28H22N2O2S2/c1-33-20-13-10-18(11-14-20)26-22-15-12-17-6-2-4-8-21(17)25(22)29-28-30(26)27(32)24(34-28)16-19-7-3-5-9-23(19)31/h2-11,13-14,16,26,31H,12,15H2,1H3. The van der Waals surface area contributed by atoms with Gasteiger partial charge in [0, 0.05) is 16.0 Å². The molecule has 2 aliphatic rings. The molecular formula is C28H22N2O2S2. The van der Waals surface area contributed by atoms with Crippen molar-refractivity contribution >= 4 is 34.9 Å². The van der Waals surface area contributed by atoms with Crippen LogP contribution in [0.1, 0.15) is 34.7 Å². The second-order valence-corrected chi connectivity index (χ2v) is 10.3. The molecule has 1 N–H and O–H groups in total. The Hall–Kier alpha value is -3.35. The molecule has 0 saturated carbocycles. The fourth-order valence-corrected chi connectivity index (χ4v) is 6.26. The van der Waals surface area contributed by atoms with Crippen LogP contribution < -0.4 is 14.9 Å². The number of para-hydroxylation sites is 1. The van der Waals surface area contributed by atoms with Crippen molar-refractivity contribution in [1.29, 1.82) is 0 Å². The second-order valence-electron chi connectivity index (χ2n) is 8.45. The van der Waals surface area contributed by atoms with E-state index >= 15 is 0 Å². The first-order valence-corrected chi connectivity index (χ1v) is 13.2. The van der Waals surface area contributed by atoms with E-state index in [1.165, 1.54) is 27.4 Å². The summed E-state index contributed by atoms with van der Waals surface area (Å²) in [4.78, 5) is 20.7. The number of aryl methyl sites for hydroxylation is 1. The van der Waals surface area contributed by atoms with Crippen molar-refractivity contribution in [3.8, 4) is 5.75 Å². The number of aromatic nitrogens is 1. The first kappa shape index (κ1) is 21.2. The molecule has 1 atom stereocenters. The lowest BCUT2D eigenvalue weighted by atomic mass is 9.83. The number of thiazole rings is 1. The molecule has 168 valence electrons. The lowest BCUT2D eigenvalue weighted by Gasteiger charge is -2.30. The lowest BCUT2D eigenvalue weighted by molar-refractivity contribution is 0.474. The molecule has 6 rings (SSSR count). The molecule has 0 radical (unpaired) electrons. The third-order valence-corrected chi connectivity index (χ3v) is 8.25. The van der Waals surface area contributed by atoms with E-state index in [0.717, 1.165) is 29.7 Å². The van der Waals surface area contributed by atoms with Gasteiger partial charge in [0.2, 0.25) is 0 Å². The van der Waals surface area contributed by atoms with Gasteiger partial charge in [0.1, 0.15) is 5.75 Å². The van der Waals surface area contributed by atoms with E-state index in [2.05, 4.69) is 54.8 Å². The zero-order valence-corrected chi connectivity index (χ0v) is 20.2. The van der Waals surface area contributed by atoms with Gasteiger partial charge in [-0.05, 0) is 60.1 Å². The molecule has 0 spiro atoms. The Morgan fingerprint density at radius 2 is 1.79 bits per heavy atom. The van der Waals surface area contributed by atoms with Crippen LogP contribution in [0.15, 0.2) is 93.1 Å². The Labute approximate surface area is 205 Å². The van der Waals surface area contributed by atoms with Crippen LogP contribution in [0, 0.1) is 0 Å².